The molecule has 0 saturated carbocycles. The number of hydrogen-bond acceptors (Lipinski definition) is 0. The van der Waals surface area contributed by atoms with Gasteiger partial charge in [0.05, 0.1) is 41.1 Å². The minimum absolute atomic E-state index is 0.548. The Morgan fingerprint density at radius 1 is 0.229 bits per heavy atom. The van der Waals surface area contributed by atoms with E-state index < -0.39 is 279 Å². The third-order valence-electron chi connectivity index (χ3n) is 7.81. The van der Waals surface area contributed by atoms with Crippen LogP contribution in [-0.4, -0.2) is 0 Å². The number of benzene rings is 10. The van der Waals surface area contributed by atoms with E-state index in [4.69, 9.17) is 21.9 Å². The molecule has 0 heterocycles. The van der Waals surface area contributed by atoms with Gasteiger partial charge in [-0.1, -0.05) is 157 Å². The molecule has 0 aromatic heterocycles. The summed E-state index contributed by atoms with van der Waals surface area (Å²) in [7, 11) is 0. The smallest absolute Gasteiger partial charge is 0.0616 e. The van der Waals surface area contributed by atoms with Crippen LogP contribution in [0.1, 0.15) is 41.1 Å². The lowest BCUT2D eigenvalue weighted by molar-refractivity contribution is 1.66. The molecule has 0 aliphatic rings. The Bertz CT molecular complexity index is 4600. The molecule has 0 nitrogen and oxygen atoms in total. The SMILES string of the molecule is [2H]c1c([2H])c([2H])c2c([2H])c(-c3c([2H])c([2H])c4c(-c5c([2H])c([2H])c6c(c5[2H])c([2H])c([2H])c5c([2H])c([2H])c([2H])c([2H])c56)c5c([2H])c([2H])c([2H])c([2H])c5c(-c5c([2H])c([2H])c6c([2H])c([2H])c([2H])c([2H])c6c5[2H])c4c3[2H])c([2H])c([2H])c2c1[2H]. The Balaban J connectivity index is 1.58. The van der Waals surface area contributed by atoms with Crippen LogP contribution in [0.2, 0.25) is 0 Å². The Kier molecular flexibility index (Phi) is 2.36. The van der Waals surface area contributed by atoms with E-state index in [2.05, 4.69) is 0 Å². The molecule has 0 saturated heterocycles. The van der Waals surface area contributed by atoms with Crippen LogP contribution in [0.15, 0.2) is 181 Å². The molecule has 0 fully saturated rings. The molecule has 10 aromatic rings. The Hall–Kier alpha value is -6.24. The topological polar surface area (TPSA) is 0 Å². The average molecular weight is 637 g/mol. The molecule has 0 bridgehead atoms. The molecule has 0 amide bonds. The summed E-state index contributed by atoms with van der Waals surface area (Å²) < 4.78 is 273. The fraction of sp³-hybridized carbons (Fsp3) is 0. The van der Waals surface area contributed by atoms with Crippen LogP contribution < -0.4 is 0 Å². The molecule has 0 radical (unpaired) electrons. The number of hydrogen-bond donors (Lipinski definition) is 0. The zero-order valence-corrected chi connectivity index (χ0v) is 24.0. The molecule has 0 aliphatic heterocycles. The van der Waals surface area contributed by atoms with Crippen molar-refractivity contribution in [2.24, 2.45) is 0 Å². The minimum Gasteiger partial charge on any atom is -0.0616 e. The molecule has 10 aromatic carbocycles. The van der Waals surface area contributed by atoms with Crippen molar-refractivity contribution >= 4 is 64.6 Å². The van der Waals surface area contributed by atoms with Gasteiger partial charge in [-0.15, -0.1) is 0 Å². The molecular formula is C48H30. The fourth-order valence-electron chi connectivity index (χ4n) is 5.69. The first-order valence-electron chi connectivity index (χ1n) is 29.2. The summed E-state index contributed by atoms with van der Waals surface area (Å²) in [6.45, 7) is 0. The zero-order chi connectivity index (χ0) is 57.7. The monoisotopic (exact) mass is 636 g/mol. The van der Waals surface area contributed by atoms with E-state index in [9.17, 15) is 19.2 Å². The lowest BCUT2D eigenvalue weighted by Crippen LogP contribution is -1.92. The molecule has 10 rings (SSSR count). The summed E-state index contributed by atoms with van der Waals surface area (Å²) in [5, 5.41) is -8.47. The molecule has 0 spiro atoms. The lowest BCUT2D eigenvalue weighted by Gasteiger charge is -2.19. The number of fused-ring (bicyclic) bond motifs is 7. The van der Waals surface area contributed by atoms with Crippen LogP contribution in [0.4, 0.5) is 0 Å². The van der Waals surface area contributed by atoms with Crippen LogP contribution in [0, 0.1) is 0 Å². The van der Waals surface area contributed by atoms with E-state index in [1.807, 2.05) is 0 Å². The Morgan fingerprint density at radius 3 is 1.31 bits per heavy atom. The third-order valence-corrected chi connectivity index (χ3v) is 7.81. The van der Waals surface area contributed by atoms with E-state index in [1.54, 1.807) is 0 Å². The fourth-order valence-corrected chi connectivity index (χ4v) is 5.69. The van der Waals surface area contributed by atoms with Gasteiger partial charge in [0.2, 0.25) is 0 Å². The predicted molar refractivity (Wildman–Crippen MR) is 208 cm³/mol. The highest BCUT2D eigenvalue weighted by molar-refractivity contribution is 6.23. The van der Waals surface area contributed by atoms with Crippen LogP contribution in [0.3, 0.4) is 0 Å². The van der Waals surface area contributed by atoms with Crippen molar-refractivity contribution in [3.8, 4) is 33.4 Å². The summed E-state index contributed by atoms with van der Waals surface area (Å²) in [4.78, 5) is 0. The molecule has 48 heavy (non-hydrogen) atoms. The van der Waals surface area contributed by atoms with E-state index in [0.29, 0.717) is 0 Å². The summed E-state index contributed by atoms with van der Waals surface area (Å²) in [5.41, 5.74) is -5.28. The highest BCUT2D eigenvalue weighted by atomic mass is 14.2. The van der Waals surface area contributed by atoms with Gasteiger partial charge in [0, 0.05) is 0 Å². The van der Waals surface area contributed by atoms with Gasteiger partial charge in [0.25, 0.3) is 0 Å². The highest BCUT2D eigenvalue weighted by Gasteiger charge is 2.18. The maximum atomic E-state index is 10.2. The van der Waals surface area contributed by atoms with E-state index >= 15 is 0 Å². The van der Waals surface area contributed by atoms with Crippen LogP contribution >= 0.6 is 0 Å². The molecular weight excluding hydrogens is 577 g/mol. The van der Waals surface area contributed by atoms with Crippen molar-refractivity contribution in [1.29, 1.82) is 0 Å². The Labute approximate surface area is 321 Å². The molecule has 0 unspecified atom stereocenters. The second-order valence-electron chi connectivity index (χ2n) is 10.5. The first-order valence-corrected chi connectivity index (χ1v) is 14.2. The lowest BCUT2D eigenvalue weighted by atomic mass is 9.84. The number of rotatable bonds is 3. The van der Waals surface area contributed by atoms with Crippen molar-refractivity contribution in [1.82, 2.24) is 0 Å². The van der Waals surface area contributed by atoms with Gasteiger partial charge >= 0.3 is 0 Å². The van der Waals surface area contributed by atoms with E-state index in [-0.39, 0.29) is 0 Å². The summed E-state index contributed by atoms with van der Waals surface area (Å²) in [6, 6.07) is -28.9. The zero-order valence-electron chi connectivity index (χ0n) is 54.0. The largest absolute Gasteiger partial charge is 0.0636 e. The van der Waals surface area contributed by atoms with Gasteiger partial charge < -0.3 is 0 Å². The first kappa shape index (κ1) is 10.6. The normalized spacial score (nSPS) is 20.5. The standard InChI is InChI=1S/C48H30/c1-3-12-34-27-36(20-17-31(34)9-1)37-23-26-45-46(30-37)48(39-22-18-32-10-2-4-13-35(32)28-39)44-16-8-7-15-43(44)47(45)40-24-25-42-38(29-40)21-19-33-11-5-6-14-41(33)42/h1-30H/i1D,2D,3D,4D,5D,6D,7D,8D,9D,10D,11D,12D,13D,14D,15D,16D,17D,18D,19D,20D,21D,22D,23D,24D,25D,26D,27D,28D,29D,30D. The second kappa shape index (κ2) is 10.7. The van der Waals surface area contributed by atoms with Crippen molar-refractivity contribution in [2.45, 2.75) is 0 Å². The van der Waals surface area contributed by atoms with Gasteiger partial charge in [-0.25, -0.2) is 0 Å². The first-order chi connectivity index (χ1) is 36.3. The van der Waals surface area contributed by atoms with Crippen molar-refractivity contribution in [2.75, 3.05) is 0 Å². The molecule has 0 atom stereocenters. The maximum Gasteiger partial charge on any atom is 0.0636 e. The third kappa shape index (κ3) is 4.24. The second-order valence-corrected chi connectivity index (χ2v) is 10.5. The van der Waals surface area contributed by atoms with Gasteiger partial charge in [-0.3, -0.25) is 0 Å². The van der Waals surface area contributed by atoms with Crippen molar-refractivity contribution in [3.63, 3.8) is 0 Å². The Morgan fingerprint density at radius 2 is 0.604 bits per heavy atom. The quantitative estimate of drug-likeness (QED) is 0.134. The van der Waals surface area contributed by atoms with Gasteiger partial charge in [0.15, 0.2) is 0 Å². The summed E-state index contributed by atoms with van der Waals surface area (Å²) >= 11 is 0. The highest BCUT2D eigenvalue weighted by Crippen LogP contribution is 2.46. The van der Waals surface area contributed by atoms with Crippen LogP contribution in [0.5, 0.6) is 0 Å². The average Bonchev–Trinajstić information content (AvgIpc) is 3.60. The molecule has 0 heteroatoms. The van der Waals surface area contributed by atoms with Crippen molar-refractivity contribution < 1.29 is 41.1 Å². The van der Waals surface area contributed by atoms with Gasteiger partial charge in [0.1, 0.15) is 0 Å². The molecule has 222 valence electrons. The van der Waals surface area contributed by atoms with Gasteiger partial charge in [-0.2, -0.15) is 0 Å². The predicted octanol–water partition coefficient (Wildman–Crippen LogP) is 13.6. The minimum atomic E-state index is -1.15. The van der Waals surface area contributed by atoms with E-state index in [0.717, 1.165) is 0 Å². The van der Waals surface area contributed by atoms with E-state index in [1.165, 1.54) is 0 Å². The van der Waals surface area contributed by atoms with Crippen LogP contribution in [-0.2, 0) is 0 Å². The summed E-state index contributed by atoms with van der Waals surface area (Å²) in [6.07, 6.45) is 0. The molecule has 0 N–H and O–H groups in total. The maximum absolute atomic E-state index is 10.2. The van der Waals surface area contributed by atoms with Crippen LogP contribution in [0.25, 0.3) is 98.0 Å². The molecule has 0 aliphatic carbocycles. The summed E-state index contributed by atoms with van der Waals surface area (Å²) in [5.74, 6) is 0. The van der Waals surface area contributed by atoms with Crippen molar-refractivity contribution in [3.05, 3.63) is 181 Å². The van der Waals surface area contributed by atoms with Gasteiger partial charge in [-0.05, 0) is 122 Å².